The highest BCUT2D eigenvalue weighted by Crippen LogP contribution is 2.26. The molecule has 0 atom stereocenters. The molecule has 0 spiro atoms. The van der Waals surface area contributed by atoms with Gasteiger partial charge in [-0.2, -0.15) is 0 Å². The summed E-state index contributed by atoms with van der Waals surface area (Å²) in [5.41, 5.74) is 0.993. The molecule has 0 saturated carbocycles. The summed E-state index contributed by atoms with van der Waals surface area (Å²) < 4.78 is 0. The van der Waals surface area contributed by atoms with Gasteiger partial charge in [-0.15, -0.1) is 0 Å². The van der Waals surface area contributed by atoms with Crippen LogP contribution in [-0.4, -0.2) is 45.7 Å². The van der Waals surface area contributed by atoms with E-state index in [4.69, 9.17) is 0 Å². The van der Waals surface area contributed by atoms with Gasteiger partial charge in [-0.05, 0) is 38.1 Å². The van der Waals surface area contributed by atoms with E-state index in [1.807, 2.05) is 13.8 Å². The van der Waals surface area contributed by atoms with Crippen LogP contribution in [0, 0.1) is 0 Å². The van der Waals surface area contributed by atoms with Gasteiger partial charge in [-0.1, -0.05) is 0 Å². The smallest absolute Gasteiger partial charge is 0.286 e. The van der Waals surface area contributed by atoms with E-state index in [-0.39, 0.29) is 17.3 Å². The Labute approximate surface area is 138 Å². The number of imide groups is 1. The number of rotatable bonds is 4. The van der Waals surface area contributed by atoms with E-state index in [1.165, 1.54) is 12.4 Å². The minimum Gasteiger partial charge on any atom is -0.339 e. The lowest BCUT2D eigenvalue weighted by molar-refractivity contribution is 0.0772. The van der Waals surface area contributed by atoms with Crippen molar-refractivity contribution in [3.05, 3.63) is 53.6 Å². The molecule has 3 amide bonds. The topological polar surface area (TPSA) is 83.5 Å². The van der Waals surface area contributed by atoms with Crippen LogP contribution >= 0.6 is 0 Å². The predicted octanol–water partition coefficient (Wildman–Crippen LogP) is 1.76. The fourth-order valence-electron chi connectivity index (χ4n) is 2.64. The molecule has 7 nitrogen and oxygen atoms in total. The van der Waals surface area contributed by atoms with Crippen molar-refractivity contribution in [3.63, 3.8) is 0 Å². The average Bonchev–Trinajstić information content (AvgIpc) is 2.87. The Balaban J connectivity index is 1.89. The monoisotopic (exact) mass is 324 g/mol. The van der Waals surface area contributed by atoms with Crippen LogP contribution < -0.4 is 4.90 Å². The number of amides is 3. The molecule has 1 aliphatic heterocycles. The molecule has 24 heavy (non-hydrogen) atoms. The number of nitrogens with zero attached hydrogens (tertiary/aromatic N) is 4. The van der Waals surface area contributed by atoms with Gasteiger partial charge in [0.15, 0.2) is 11.4 Å². The van der Waals surface area contributed by atoms with Crippen molar-refractivity contribution in [1.82, 2.24) is 14.9 Å². The molecule has 2 aromatic rings. The largest absolute Gasteiger partial charge is 0.339 e. The molecule has 1 aliphatic rings. The van der Waals surface area contributed by atoms with Crippen LogP contribution in [0.3, 0.4) is 0 Å². The Morgan fingerprint density at radius 2 is 1.46 bits per heavy atom. The molecule has 0 bridgehead atoms. The SMILES string of the molecule is CCN(CC)C(=O)c1ccc(N2C(=O)c3nccnc3C2=O)cc1. The number of carbonyl (C=O) groups is 3. The van der Waals surface area contributed by atoms with E-state index in [1.54, 1.807) is 29.2 Å². The van der Waals surface area contributed by atoms with Crippen molar-refractivity contribution in [2.45, 2.75) is 13.8 Å². The number of carbonyl (C=O) groups excluding carboxylic acids is 3. The summed E-state index contributed by atoms with van der Waals surface area (Å²) in [7, 11) is 0. The maximum Gasteiger partial charge on any atom is 0.286 e. The quantitative estimate of drug-likeness (QED) is 0.800. The van der Waals surface area contributed by atoms with Gasteiger partial charge in [-0.3, -0.25) is 14.4 Å². The minimum atomic E-state index is -0.508. The number of aromatic nitrogens is 2. The summed E-state index contributed by atoms with van der Waals surface area (Å²) in [5, 5.41) is 0. The molecule has 0 N–H and O–H groups in total. The van der Waals surface area contributed by atoms with Crippen molar-refractivity contribution < 1.29 is 14.4 Å². The van der Waals surface area contributed by atoms with E-state index in [0.717, 1.165) is 4.90 Å². The van der Waals surface area contributed by atoms with Crippen molar-refractivity contribution in [3.8, 4) is 0 Å². The highest BCUT2D eigenvalue weighted by molar-refractivity contribution is 6.33. The molecule has 3 rings (SSSR count). The first-order chi connectivity index (χ1) is 11.6. The minimum absolute atomic E-state index is 0.0470. The molecule has 0 aliphatic carbocycles. The predicted molar refractivity (Wildman–Crippen MR) is 86.9 cm³/mol. The van der Waals surface area contributed by atoms with Gasteiger partial charge in [0.05, 0.1) is 5.69 Å². The molecule has 0 fully saturated rings. The average molecular weight is 324 g/mol. The fraction of sp³-hybridized carbons (Fsp3) is 0.235. The Kier molecular flexibility index (Phi) is 4.07. The number of hydrogen-bond donors (Lipinski definition) is 0. The number of hydrogen-bond acceptors (Lipinski definition) is 5. The lowest BCUT2D eigenvalue weighted by atomic mass is 10.1. The molecule has 122 valence electrons. The van der Waals surface area contributed by atoms with Crippen LogP contribution in [0.2, 0.25) is 0 Å². The van der Waals surface area contributed by atoms with Crippen molar-refractivity contribution in [2.75, 3.05) is 18.0 Å². The molecule has 7 heteroatoms. The summed E-state index contributed by atoms with van der Waals surface area (Å²) in [5.74, 6) is -1.10. The van der Waals surface area contributed by atoms with E-state index >= 15 is 0 Å². The Morgan fingerprint density at radius 1 is 0.958 bits per heavy atom. The maximum absolute atomic E-state index is 12.4. The fourth-order valence-corrected chi connectivity index (χ4v) is 2.64. The maximum atomic E-state index is 12.4. The van der Waals surface area contributed by atoms with Crippen LogP contribution in [0.25, 0.3) is 0 Å². The van der Waals surface area contributed by atoms with E-state index in [0.29, 0.717) is 24.3 Å². The van der Waals surface area contributed by atoms with Gasteiger partial charge >= 0.3 is 0 Å². The summed E-state index contributed by atoms with van der Waals surface area (Å²) in [6.45, 7) is 5.06. The molecule has 0 radical (unpaired) electrons. The molecule has 1 aromatic carbocycles. The molecular weight excluding hydrogens is 308 g/mol. The van der Waals surface area contributed by atoms with Gasteiger partial charge in [0.1, 0.15) is 0 Å². The normalized spacial score (nSPS) is 13.2. The zero-order valence-corrected chi connectivity index (χ0v) is 13.4. The van der Waals surface area contributed by atoms with Crippen LogP contribution in [0.4, 0.5) is 5.69 Å². The van der Waals surface area contributed by atoms with Gasteiger partial charge in [-0.25, -0.2) is 14.9 Å². The second-order valence-electron chi connectivity index (χ2n) is 5.22. The lowest BCUT2D eigenvalue weighted by Crippen LogP contribution is -2.31. The third-order valence-electron chi connectivity index (χ3n) is 3.93. The highest BCUT2D eigenvalue weighted by Gasteiger charge is 2.39. The van der Waals surface area contributed by atoms with Crippen molar-refractivity contribution in [2.24, 2.45) is 0 Å². The Hall–Kier alpha value is -3.09. The third-order valence-corrected chi connectivity index (χ3v) is 3.93. The number of anilines is 1. The van der Waals surface area contributed by atoms with Gasteiger partial charge in [0, 0.05) is 31.0 Å². The van der Waals surface area contributed by atoms with Crippen LogP contribution in [0.15, 0.2) is 36.7 Å². The zero-order valence-electron chi connectivity index (χ0n) is 13.4. The Morgan fingerprint density at radius 3 is 1.92 bits per heavy atom. The molecular formula is C17H16N4O3. The zero-order chi connectivity index (χ0) is 17.3. The Bertz CT molecular complexity index is 778. The van der Waals surface area contributed by atoms with Crippen LogP contribution in [-0.2, 0) is 0 Å². The summed E-state index contributed by atoms with van der Waals surface area (Å²) in [6, 6.07) is 6.39. The second kappa shape index (κ2) is 6.19. The van der Waals surface area contributed by atoms with E-state index < -0.39 is 11.8 Å². The summed E-state index contributed by atoms with van der Waals surface area (Å²) >= 11 is 0. The van der Waals surface area contributed by atoms with Gasteiger partial charge < -0.3 is 4.90 Å². The first kappa shape index (κ1) is 15.8. The third kappa shape index (κ3) is 2.44. The van der Waals surface area contributed by atoms with Gasteiger partial charge in [0.2, 0.25) is 0 Å². The summed E-state index contributed by atoms with van der Waals surface area (Å²) in [6.07, 6.45) is 2.75. The van der Waals surface area contributed by atoms with Gasteiger partial charge in [0.25, 0.3) is 17.7 Å². The summed E-state index contributed by atoms with van der Waals surface area (Å²) in [4.78, 5) is 47.6. The second-order valence-corrected chi connectivity index (χ2v) is 5.22. The molecule has 0 unspecified atom stereocenters. The molecule has 2 heterocycles. The van der Waals surface area contributed by atoms with Crippen LogP contribution in [0.5, 0.6) is 0 Å². The van der Waals surface area contributed by atoms with Crippen molar-refractivity contribution >= 4 is 23.4 Å². The highest BCUT2D eigenvalue weighted by atomic mass is 16.2. The molecule has 1 aromatic heterocycles. The standard InChI is InChI=1S/C17H16N4O3/c1-3-20(4-2)15(22)11-5-7-12(8-6-11)21-16(23)13-14(17(21)24)19-10-9-18-13/h5-10H,3-4H2,1-2H3. The van der Waals surface area contributed by atoms with Crippen molar-refractivity contribution in [1.29, 1.82) is 0 Å². The number of fused-ring (bicyclic) bond motifs is 1. The van der Waals surface area contributed by atoms with Crippen LogP contribution in [0.1, 0.15) is 45.2 Å². The first-order valence-corrected chi connectivity index (χ1v) is 7.67. The van der Waals surface area contributed by atoms with E-state index in [9.17, 15) is 14.4 Å². The molecule has 0 saturated heterocycles. The first-order valence-electron chi connectivity index (χ1n) is 7.67. The van der Waals surface area contributed by atoms with E-state index in [2.05, 4.69) is 9.97 Å². The lowest BCUT2D eigenvalue weighted by Gasteiger charge is -2.19. The number of benzene rings is 1.